The number of nitrogens with one attached hydrogen (secondary N) is 1. The van der Waals surface area contributed by atoms with Gasteiger partial charge in [-0.3, -0.25) is 4.79 Å². The monoisotopic (exact) mass is 337 g/mol. The van der Waals surface area contributed by atoms with Crippen molar-refractivity contribution in [2.75, 3.05) is 5.32 Å². The van der Waals surface area contributed by atoms with E-state index in [1.165, 1.54) is 6.33 Å². The smallest absolute Gasteiger partial charge is 0.247 e. The maximum absolute atomic E-state index is 12.7. The lowest BCUT2D eigenvalue weighted by atomic mass is 10.0. The Hall–Kier alpha value is -2.89. The van der Waals surface area contributed by atoms with Gasteiger partial charge in [-0.15, -0.1) is 0 Å². The van der Waals surface area contributed by atoms with Crippen LogP contribution in [0.1, 0.15) is 31.9 Å². The van der Waals surface area contributed by atoms with Crippen LogP contribution < -0.4 is 5.32 Å². The molecule has 6 nitrogen and oxygen atoms in total. The quantitative estimate of drug-likeness (QED) is 0.719. The average Bonchev–Trinajstić information content (AvgIpc) is 3.28. The van der Waals surface area contributed by atoms with Crippen LogP contribution in [0.2, 0.25) is 0 Å². The van der Waals surface area contributed by atoms with Gasteiger partial charge >= 0.3 is 0 Å². The van der Waals surface area contributed by atoms with Crippen LogP contribution >= 0.6 is 0 Å². The number of nitrogens with zero attached hydrogens (tertiary/aromatic N) is 4. The fourth-order valence-corrected chi connectivity index (χ4v) is 2.79. The van der Waals surface area contributed by atoms with Crippen molar-refractivity contribution in [3.8, 4) is 0 Å². The van der Waals surface area contributed by atoms with E-state index in [9.17, 15) is 4.79 Å². The number of rotatable bonds is 7. The van der Waals surface area contributed by atoms with Crippen LogP contribution in [-0.2, 0) is 11.3 Å². The number of anilines is 1. The van der Waals surface area contributed by atoms with E-state index in [1.54, 1.807) is 11.0 Å². The number of carbonyl (C=O) groups is 1. The minimum absolute atomic E-state index is 0.00827. The van der Waals surface area contributed by atoms with Gasteiger partial charge in [0, 0.05) is 18.1 Å². The van der Waals surface area contributed by atoms with Crippen LogP contribution in [0, 0.1) is 5.92 Å². The lowest BCUT2D eigenvalue weighted by Gasteiger charge is -2.20. The molecule has 25 heavy (non-hydrogen) atoms. The summed E-state index contributed by atoms with van der Waals surface area (Å²) in [5, 5.41) is 7.12. The molecule has 6 heteroatoms. The first kappa shape index (κ1) is 17.0. The molecule has 0 aliphatic carbocycles. The molecule has 2 aromatic heterocycles. The molecule has 0 radical (unpaired) electrons. The number of aromatic nitrogens is 4. The van der Waals surface area contributed by atoms with Gasteiger partial charge in [0.1, 0.15) is 18.7 Å². The SMILES string of the molecule is CC(C)CC(C(=O)Nc1ccc(Cn2cncn2)cc1)n1cccc1. The number of hydrogen-bond acceptors (Lipinski definition) is 3. The van der Waals surface area contributed by atoms with Gasteiger partial charge in [-0.1, -0.05) is 26.0 Å². The molecule has 3 rings (SSSR count). The van der Waals surface area contributed by atoms with E-state index in [2.05, 4.69) is 29.2 Å². The molecule has 1 N–H and O–H groups in total. The average molecular weight is 337 g/mol. The van der Waals surface area contributed by atoms with E-state index in [1.807, 2.05) is 53.4 Å². The third-order valence-electron chi connectivity index (χ3n) is 4.02. The van der Waals surface area contributed by atoms with Gasteiger partial charge in [0.25, 0.3) is 0 Å². The van der Waals surface area contributed by atoms with E-state index in [-0.39, 0.29) is 11.9 Å². The Labute approximate surface area is 147 Å². The summed E-state index contributed by atoms with van der Waals surface area (Å²) in [7, 11) is 0. The van der Waals surface area contributed by atoms with Gasteiger partial charge < -0.3 is 9.88 Å². The third-order valence-corrected chi connectivity index (χ3v) is 4.02. The Morgan fingerprint density at radius 3 is 2.48 bits per heavy atom. The van der Waals surface area contributed by atoms with Gasteiger partial charge in [-0.2, -0.15) is 5.10 Å². The highest BCUT2D eigenvalue weighted by Crippen LogP contribution is 2.20. The Morgan fingerprint density at radius 2 is 1.88 bits per heavy atom. The first-order valence-electron chi connectivity index (χ1n) is 8.46. The molecule has 1 atom stereocenters. The molecule has 1 unspecified atom stereocenters. The van der Waals surface area contributed by atoms with E-state index >= 15 is 0 Å². The number of carbonyl (C=O) groups excluding carboxylic acids is 1. The van der Waals surface area contributed by atoms with Crippen LogP contribution in [0.5, 0.6) is 0 Å². The van der Waals surface area contributed by atoms with Crippen LogP contribution in [0.3, 0.4) is 0 Å². The molecular weight excluding hydrogens is 314 g/mol. The molecule has 0 saturated heterocycles. The zero-order valence-corrected chi connectivity index (χ0v) is 14.5. The summed E-state index contributed by atoms with van der Waals surface area (Å²) in [5.74, 6) is 0.442. The van der Waals surface area contributed by atoms with Gasteiger partial charge in [-0.25, -0.2) is 9.67 Å². The van der Waals surface area contributed by atoms with Crippen molar-refractivity contribution in [2.24, 2.45) is 5.92 Å². The second kappa shape index (κ2) is 7.79. The molecule has 3 aromatic rings. The molecule has 0 bridgehead atoms. The number of benzene rings is 1. The second-order valence-electron chi connectivity index (χ2n) is 6.55. The molecule has 0 saturated carbocycles. The molecule has 0 fully saturated rings. The van der Waals surface area contributed by atoms with Crippen molar-refractivity contribution in [3.05, 3.63) is 67.0 Å². The third kappa shape index (κ3) is 4.56. The molecule has 1 amide bonds. The fraction of sp³-hybridized carbons (Fsp3) is 0.316. The zero-order chi connectivity index (χ0) is 17.6. The van der Waals surface area contributed by atoms with Gasteiger partial charge in [0.15, 0.2) is 0 Å². The maximum Gasteiger partial charge on any atom is 0.247 e. The predicted molar refractivity (Wildman–Crippen MR) is 97.1 cm³/mol. The molecule has 0 aliphatic heterocycles. The topological polar surface area (TPSA) is 64.7 Å². The number of amides is 1. The molecule has 2 heterocycles. The van der Waals surface area contributed by atoms with Crippen LogP contribution in [-0.4, -0.2) is 25.2 Å². The second-order valence-corrected chi connectivity index (χ2v) is 6.55. The van der Waals surface area contributed by atoms with Gasteiger partial charge in [0.2, 0.25) is 5.91 Å². The number of hydrogen-bond donors (Lipinski definition) is 1. The summed E-state index contributed by atoms with van der Waals surface area (Å²) < 4.78 is 3.73. The van der Waals surface area contributed by atoms with Crippen molar-refractivity contribution in [2.45, 2.75) is 32.9 Å². The van der Waals surface area contributed by atoms with E-state index < -0.39 is 0 Å². The fourth-order valence-electron chi connectivity index (χ4n) is 2.79. The van der Waals surface area contributed by atoms with Crippen LogP contribution in [0.25, 0.3) is 0 Å². The Balaban J connectivity index is 1.66. The predicted octanol–water partition coefficient (Wildman–Crippen LogP) is 3.35. The summed E-state index contributed by atoms with van der Waals surface area (Å²) in [5.41, 5.74) is 1.90. The van der Waals surface area contributed by atoms with Crippen LogP contribution in [0.15, 0.2) is 61.4 Å². The summed E-state index contributed by atoms with van der Waals surface area (Å²) in [4.78, 5) is 16.7. The van der Waals surface area contributed by atoms with Crippen molar-refractivity contribution in [1.82, 2.24) is 19.3 Å². The minimum atomic E-state index is -0.204. The van der Waals surface area contributed by atoms with Crippen molar-refractivity contribution in [1.29, 1.82) is 0 Å². The van der Waals surface area contributed by atoms with E-state index in [0.29, 0.717) is 12.5 Å². The van der Waals surface area contributed by atoms with Gasteiger partial charge in [0.05, 0.1) is 6.54 Å². The highest BCUT2D eigenvalue weighted by molar-refractivity contribution is 5.93. The maximum atomic E-state index is 12.7. The molecule has 0 spiro atoms. The molecule has 1 aromatic carbocycles. The van der Waals surface area contributed by atoms with Gasteiger partial charge in [-0.05, 0) is 42.2 Å². The Bertz CT molecular complexity index is 776. The van der Waals surface area contributed by atoms with Crippen molar-refractivity contribution < 1.29 is 4.79 Å². The lowest BCUT2D eigenvalue weighted by molar-refractivity contribution is -0.119. The van der Waals surface area contributed by atoms with Crippen LogP contribution in [0.4, 0.5) is 5.69 Å². The van der Waals surface area contributed by atoms with Crippen molar-refractivity contribution >= 4 is 11.6 Å². The summed E-state index contributed by atoms with van der Waals surface area (Å²) >= 11 is 0. The summed E-state index contributed by atoms with van der Waals surface area (Å²) in [6.07, 6.45) is 7.88. The molecule has 130 valence electrons. The summed E-state index contributed by atoms with van der Waals surface area (Å²) in [6.45, 7) is 4.92. The van der Waals surface area contributed by atoms with E-state index in [0.717, 1.165) is 17.7 Å². The Morgan fingerprint density at radius 1 is 1.16 bits per heavy atom. The standard InChI is InChI=1S/C19H23N5O/c1-15(2)11-18(23-9-3-4-10-23)19(25)22-17-7-5-16(6-8-17)12-24-14-20-13-21-24/h3-10,13-15,18H,11-12H2,1-2H3,(H,22,25). The first-order valence-corrected chi connectivity index (χ1v) is 8.46. The zero-order valence-electron chi connectivity index (χ0n) is 14.5. The summed E-state index contributed by atoms with van der Waals surface area (Å²) in [6, 6.07) is 11.5. The highest BCUT2D eigenvalue weighted by atomic mass is 16.2. The largest absolute Gasteiger partial charge is 0.342 e. The highest BCUT2D eigenvalue weighted by Gasteiger charge is 2.21. The Kier molecular flexibility index (Phi) is 5.28. The lowest BCUT2D eigenvalue weighted by Crippen LogP contribution is -2.26. The molecular formula is C19H23N5O. The van der Waals surface area contributed by atoms with E-state index in [4.69, 9.17) is 0 Å². The van der Waals surface area contributed by atoms with Crippen molar-refractivity contribution in [3.63, 3.8) is 0 Å². The normalized spacial score (nSPS) is 12.3. The first-order chi connectivity index (χ1) is 12.1. The minimum Gasteiger partial charge on any atom is -0.342 e. The molecule has 0 aliphatic rings.